The number of benzene rings is 6. The van der Waals surface area contributed by atoms with Gasteiger partial charge >= 0.3 is 0 Å². The molecular formula is C36H25Br5N2O. The average Bonchev–Trinajstić information content (AvgIpc) is 3.03. The zero-order chi connectivity index (χ0) is 31.1. The Hall–Kier alpha value is -2.88. The largest absolute Gasteiger partial charge is 0.508 e. The molecular weight excluding hydrogens is 876 g/mol. The van der Waals surface area contributed by atoms with Crippen molar-refractivity contribution in [2.45, 2.75) is 0 Å². The van der Waals surface area contributed by atoms with Crippen LogP contribution in [-0.4, -0.2) is 5.11 Å². The van der Waals surface area contributed by atoms with E-state index in [1.807, 2.05) is 36.4 Å². The van der Waals surface area contributed by atoms with Crippen LogP contribution in [0.25, 0.3) is 0 Å². The highest BCUT2D eigenvalue weighted by Gasteiger charge is 2.13. The summed E-state index contributed by atoms with van der Waals surface area (Å²) in [6, 6.07) is 48.4. The Morgan fingerprint density at radius 3 is 0.614 bits per heavy atom. The van der Waals surface area contributed by atoms with E-state index in [4.69, 9.17) is 0 Å². The Labute approximate surface area is 299 Å². The highest BCUT2D eigenvalue weighted by Crippen LogP contribution is 2.37. The quantitative estimate of drug-likeness (QED) is 0.180. The van der Waals surface area contributed by atoms with Crippen LogP contribution in [0, 0.1) is 0 Å². The van der Waals surface area contributed by atoms with Crippen molar-refractivity contribution in [2.24, 2.45) is 0 Å². The number of aromatic hydroxyl groups is 1. The normalized spacial score (nSPS) is 10.5. The van der Waals surface area contributed by atoms with E-state index in [9.17, 15) is 5.11 Å². The molecule has 0 amide bonds. The maximum absolute atomic E-state index is 9.52. The van der Waals surface area contributed by atoms with Gasteiger partial charge in [-0.15, -0.1) is 0 Å². The monoisotopic (exact) mass is 896 g/mol. The average molecular weight is 901 g/mol. The fraction of sp³-hybridized carbons (Fsp3) is 0. The maximum atomic E-state index is 9.52. The highest BCUT2D eigenvalue weighted by atomic mass is 79.9. The van der Waals surface area contributed by atoms with Crippen molar-refractivity contribution in [1.82, 2.24) is 0 Å². The second-order valence-corrected chi connectivity index (χ2v) is 14.1. The van der Waals surface area contributed by atoms with Crippen LogP contribution in [0.1, 0.15) is 0 Å². The van der Waals surface area contributed by atoms with Gasteiger partial charge in [-0.1, -0.05) is 79.6 Å². The minimum atomic E-state index is 0.260. The molecule has 0 aromatic heterocycles. The summed E-state index contributed by atoms with van der Waals surface area (Å²) in [6.07, 6.45) is 0. The Kier molecular flexibility index (Phi) is 11.4. The first kappa shape index (κ1) is 32.5. The molecule has 8 heteroatoms. The van der Waals surface area contributed by atoms with Crippen LogP contribution in [0.3, 0.4) is 0 Å². The molecule has 0 bridgehead atoms. The maximum Gasteiger partial charge on any atom is 0.115 e. The number of phenolic OH excluding ortho intramolecular Hbond substituents is 1. The Morgan fingerprint density at radius 2 is 0.432 bits per heavy atom. The lowest BCUT2D eigenvalue weighted by molar-refractivity contribution is 0.475. The summed E-state index contributed by atoms with van der Waals surface area (Å²) < 4.78 is 5.30. The number of anilines is 6. The summed E-state index contributed by atoms with van der Waals surface area (Å²) >= 11 is 17.4. The van der Waals surface area contributed by atoms with E-state index in [1.165, 1.54) is 0 Å². The molecule has 220 valence electrons. The van der Waals surface area contributed by atoms with Crippen LogP contribution >= 0.6 is 79.6 Å². The molecule has 0 saturated carbocycles. The third-order valence-corrected chi connectivity index (χ3v) is 9.18. The van der Waals surface area contributed by atoms with Crippen molar-refractivity contribution in [1.29, 1.82) is 0 Å². The van der Waals surface area contributed by atoms with E-state index in [1.54, 1.807) is 12.1 Å². The van der Waals surface area contributed by atoms with Gasteiger partial charge in [0.15, 0.2) is 0 Å². The summed E-state index contributed by atoms with van der Waals surface area (Å²) in [5.41, 5.74) is 6.45. The predicted octanol–water partition coefficient (Wildman–Crippen LogP) is 13.8. The summed E-state index contributed by atoms with van der Waals surface area (Å²) in [4.78, 5) is 4.36. The van der Waals surface area contributed by atoms with Crippen molar-refractivity contribution in [3.8, 4) is 5.75 Å². The third-order valence-electron chi connectivity index (χ3n) is 6.53. The topological polar surface area (TPSA) is 26.7 Å². The predicted molar refractivity (Wildman–Crippen MR) is 202 cm³/mol. The minimum Gasteiger partial charge on any atom is -0.508 e. The molecule has 0 unspecified atom stereocenters. The molecule has 0 fully saturated rings. The molecule has 0 aliphatic heterocycles. The molecule has 0 radical (unpaired) electrons. The van der Waals surface area contributed by atoms with Gasteiger partial charge in [-0.05, 0) is 146 Å². The lowest BCUT2D eigenvalue weighted by atomic mass is 10.2. The molecule has 0 aliphatic rings. The number of hydrogen-bond donors (Lipinski definition) is 1. The first-order valence-corrected chi connectivity index (χ1v) is 17.4. The van der Waals surface area contributed by atoms with E-state index in [-0.39, 0.29) is 5.75 Å². The van der Waals surface area contributed by atoms with Crippen LogP contribution in [0.15, 0.2) is 168 Å². The molecule has 0 spiro atoms. The number of halogens is 5. The minimum absolute atomic E-state index is 0.260. The van der Waals surface area contributed by atoms with Crippen molar-refractivity contribution < 1.29 is 5.11 Å². The number of rotatable bonds is 6. The fourth-order valence-electron chi connectivity index (χ4n) is 4.45. The SMILES string of the molecule is Brc1ccc(N(c2ccc(Br)cc2)c2ccc(Br)cc2)cc1.Oc1ccc(N(c2ccc(Br)cc2)c2ccc(Br)cc2)cc1. The lowest BCUT2D eigenvalue weighted by Crippen LogP contribution is -2.09. The summed E-state index contributed by atoms with van der Waals surface area (Å²) in [6.45, 7) is 0. The zero-order valence-electron chi connectivity index (χ0n) is 23.1. The van der Waals surface area contributed by atoms with Crippen molar-refractivity contribution in [3.63, 3.8) is 0 Å². The molecule has 1 N–H and O–H groups in total. The summed E-state index contributed by atoms with van der Waals surface area (Å²) in [5, 5.41) is 9.52. The van der Waals surface area contributed by atoms with E-state index >= 15 is 0 Å². The summed E-state index contributed by atoms with van der Waals surface area (Å²) in [5.74, 6) is 0.260. The van der Waals surface area contributed by atoms with Gasteiger partial charge in [-0.3, -0.25) is 0 Å². The van der Waals surface area contributed by atoms with Gasteiger partial charge < -0.3 is 14.9 Å². The van der Waals surface area contributed by atoms with Crippen molar-refractivity contribution >= 4 is 114 Å². The first-order valence-electron chi connectivity index (χ1n) is 13.4. The van der Waals surface area contributed by atoms with Gasteiger partial charge in [-0.2, -0.15) is 0 Å². The third kappa shape index (κ3) is 8.64. The highest BCUT2D eigenvalue weighted by molar-refractivity contribution is 9.11. The fourth-order valence-corrected chi connectivity index (χ4v) is 5.77. The Balaban J connectivity index is 0.000000175. The first-order chi connectivity index (χ1) is 21.3. The van der Waals surface area contributed by atoms with Crippen LogP contribution in [0.5, 0.6) is 5.75 Å². The second-order valence-electron chi connectivity index (χ2n) is 9.57. The molecule has 3 nitrogen and oxygen atoms in total. The molecule has 0 heterocycles. The molecule has 6 aromatic carbocycles. The molecule has 0 aliphatic carbocycles. The number of nitrogens with zero attached hydrogens (tertiary/aromatic N) is 2. The van der Waals surface area contributed by atoms with Crippen LogP contribution in [0.4, 0.5) is 34.1 Å². The molecule has 44 heavy (non-hydrogen) atoms. The summed E-state index contributed by atoms with van der Waals surface area (Å²) in [7, 11) is 0. The standard InChI is InChI=1S/C18H12Br3N.C18H13Br2NO/c19-13-1-7-16(8-2-13)22(17-9-3-14(20)4-10-17)18-11-5-15(21)6-12-18;19-13-1-5-15(6-2-13)21(16-7-3-14(20)4-8-16)17-9-11-18(22)12-10-17/h1-12H;1-12,22H. The van der Waals surface area contributed by atoms with Crippen LogP contribution in [-0.2, 0) is 0 Å². The second kappa shape index (κ2) is 15.4. The van der Waals surface area contributed by atoms with Gasteiger partial charge in [0.25, 0.3) is 0 Å². The van der Waals surface area contributed by atoms with Gasteiger partial charge in [0.1, 0.15) is 5.75 Å². The van der Waals surface area contributed by atoms with E-state index in [0.717, 1.165) is 56.5 Å². The van der Waals surface area contributed by atoms with Crippen molar-refractivity contribution in [3.05, 3.63) is 168 Å². The molecule has 0 atom stereocenters. The number of hydrogen-bond acceptors (Lipinski definition) is 3. The van der Waals surface area contributed by atoms with E-state index < -0.39 is 0 Å². The molecule has 0 saturated heterocycles. The smallest absolute Gasteiger partial charge is 0.115 e. The molecule has 6 rings (SSSR count). The van der Waals surface area contributed by atoms with Gasteiger partial charge in [-0.25, -0.2) is 0 Å². The van der Waals surface area contributed by atoms with Gasteiger partial charge in [0, 0.05) is 56.5 Å². The Morgan fingerprint density at radius 1 is 0.273 bits per heavy atom. The Bertz CT molecular complexity index is 1420. The van der Waals surface area contributed by atoms with Gasteiger partial charge in [0.2, 0.25) is 0 Å². The zero-order valence-corrected chi connectivity index (χ0v) is 31.0. The van der Waals surface area contributed by atoms with E-state index in [0.29, 0.717) is 0 Å². The lowest BCUT2D eigenvalue weighted by Gasteiger charge is -2.25. The van der Waals surface area contributed by atoms with Crippen LogP contribution < -0.4 is 9.80 Å². The van der Waals surface area contributed by atoms with E-state index in [2.05, 4.69) is 187 Å². The molecule has 6 aromatic rings. The van der Waals surface area contributed by atoms with Gasteiger partial charge in [0.05, 0.1) is 0 Å². The van der Waals surface area contributed by atoms with Crippen LogP contribution in [0.2, 0.25) is 0 Å². The van der Waals surface area contributed by atoms with Crippen molar-refractivity contribution in [2.75, 3.05) is 9.80 Å². The number of phenols is 1.